The summed E-state index contributed by atoms with van der Waals surface area (Å²) in [5, 5.41) is 5.58. The van der Waals surface area contributed by atoms with Crippen molar-refractivity contribution in [2.24, 2.45) is 5.73 Å². The van der Waals surface area contributed by atoms with Crippen molar-refractivity contribution in [3.05, 3.63) is 66.5 Å². The van der Waals surface area contributed by atoms with E-state index in [-0.39, 0.29) is 19.0 Å². The highest BCUT2D eigenvalue weighted by Crippen LogP contribution is 2.29. The Balaban J connectivity index is 1.67. The Morgan fingerprint density at radius 3 is 2.62 bits per heavy atom. The zero-order valence-corrected chi connectivity index (χ0v) is 17.6. The Kier molecular flexibility index (Phi) is 7.21. The fourth-order valence-electron chi connectivity index (χ4n) is 3.33. The van der Waals surface area contributed by atoms with Gasteiger partial charge in [-0.15, -0.1) is 6.58 Å². The van der Waals surface area contributed by atoms with E-state index in [1.807, 2.05) is 12.1 Å². The number of hydrogen-bond donors (Lipinski definition) is 3. The van der Waals surface area contributed by atoms with Crippen LogP contribution in [-0.4, -0.2) is 43.1 Å². The molecule has 0 radical (unpaired) electrons. The summed E-state index contributed by atoms with van der Waals surface area (Å²) in [6.45, 7) is 5.76. The average molecular weight is 440 g/mol. The van der Waals surface area contributed by atoms with E-state index in [4.69, 9.17) is 10.5 Å². The fraction of sp³-hybridized carbons (Fsp3) is 0.261. The molecule has 9 heteroatoms. The first kappa shape index (κ1) is 23.0. The number of anilines is 1. The Bertz CT molecular complexity index is 1030. The molecule has 0 unspecified atom stereocenters. The molecule has 1 aliphatic rings. The van der Waals surface area contributed by atoms with Gasteiger partial charge in [-0.25, -0.2) is 9.18 Å². The van der Waals surface area contributed by atoms with Crippen LogP contribution >= 0.6 is 0 Å². The predicted molar refractivity (Wildman–Crippen MR) is 118 cm³/mol. The second-order valence-corrected chi connectivity index (χ2v) is 7.41. The third kappa shape index (κ3) is 5.50. The van der Waals surface area contributed by atoms with Gasteiger partial charge in [0.15, 0.2) is 0 Å². The lowest BCUT2D eigenvalue weighted by molar-refractivity contribution is -0.120. The number of carbonyl (C=O) groups excluding carboxylic acids is 3. The molecule has 0 aliphatic carbocycles. The maximum absolute atomic E-state index is 14.8. The van der Waals surface area contributed by atoms with Crippen molar-refractivity contribution in [3.8, 4) is 11.1 Å². The second kappa shape index (κ2) is 10.1. The summed E-state index contributed by atoms with van der Waals surface area (Å²) in [5.41, 5.74) is 7.59. The molecule has 1 aliphatic heterocycles. The van der Waals surface area contributed by atoms with Crippen molar-refractivity contribution >= 4 is 23.6 Å². The van der Waals surface area contributed by atoms with Crippen molar-refractivity contribution in [2.45, 2.75) is 25.6 Å². The molecule has 1 heterocycles. The van der Waals surface area contributed by atoms with E-state index in [0.717, 1.165) is 5.56 Å². The quantitative estimate of drug-likeness (QED) is 0.517. The van der Waals surface area contributed by atoms with Crippen LogP contribution in [0.4, 0.5) is 14.9 Å². The van der Waals surface area contributed by atoms with Gasteiger partial charge in [0.1, 0.15) is 18.0 Å². The van der Waals surface area contributed by atoms with Gasteiger partial charge >= 0.3 is 6.09 Å². The molecule has 0 bridgehead atoms. The molecule has 3 rings (SSSR count). The van der Waals surface area contributed by atoms with E-state index < -0.39 is 30.0 Å². The van der Waals surface area contributed by atoms with Gasteiger partial charge < -0.3 is 15.8 Å². The highest BCUT2D eigenvalue weighted by molar-refractivity contribution is 5.90. The monoisotopic (exact) mass is 440 g/mol. The minimum Gasteiger partial charge on any atom is -0.442 e. The summed E-state index contributed by atoms with van der Waals surface area (Å²) in [4.78, 5) is 35.8. The van der Waals surface area contributed by atoms with E-state index in [9.17, 15) is 18.8 Å². The Morgan fingerprint density at radius 2 is 2.03 bits per heavy atom. The molecule has 4 N–H and O–H groups in total. The van der Waals surface area contributed by atoms with Crippen molar-refractivity contribution in [2.75, 3.05) is 18.0 Å². The molecule has 8 nitrogen and oxygen atoms in total. The lowest BCUT2D eigenvalue weighted by Crippen LogP contribution is -2.39. The molecule has 0 saturated carbocycles. The standard InChI is InChI=1S/C23H25FN4O4/c1-3-21(22(25)30)27-11-15-4-6-16(7-5-15)19-9-8-17(10-20(19)24)28-13-18(32-23(28)31)12-26-14(2)29/h3-10,18,21,27H,1,11-13H2,2H3,(H2,25,30)(H,26,29)/t18-,21-/m0/s1. The molecule has 168 valence electrons. The number of amides is 3. The Hall–Kier alpha value is -3.72. The molecular formula is C23H25FN4O4. The van der Waals surface area contributed by atoms with Gasteiger partial charge in [-0.2, -0.15) is 0 Å². The Morgan fingerprint density at radius 1 is 1.31 bits per heavy atom. The third-order valence-electron chi connectivity index (χ3n) is 5.05. The van der Waals surface area contributed by atoms with Gasteiger partial charge in [-0.1, -0.05) is 30.3 Å². The smallest absolute Gasteiger partial charge is 0.414 e. The largest absolute Gasteiger partial charge is 0.442 e. The molecular weight excluding hydrogens is 415 g/mol. The molecule has 1 fully saturated rings. The third-order valence-corrected chi connectivity index (χ3v) is 5.05. The second-order valence-electron chi connectivity index (χ2n) is 7.41. The minimum absolute atomic E-state index is 0.201. The number of nitrogens with two attached hydrogens (primary N) is 1. The van der Waals surface area contributed by atoms with Crippen molar-refractivity contribution in [3.63, 3.8) is 0 Å². The van der Waals surface area contributed by atoms with E-state index in [2.05, 4.69) is 17.2 Å². The van der Waals surface area contributed by atoms with E-state index in [1.54, 1.807) is 24.3 Å². The van der Waals surface area contributed by atoms with Gasteiger partial charge in [0.05, 0.1) is 18.8 Å². The average Bonchev–Trinajstić information content (AvgIpc) is 3.13. The van der Waals surface area contributed by atoms with Crippen LogP contribution in [0.2, 0.25) is 0 Å². The zero-order chi connectivity index (χ0) is 23.3. The van der Waals surface area contributed by atoms with E-state index >= 15 is 0 Å². The summed E-state index contributed by atoms with van der Waals surface area (Å²) < 4.78 is 20.1. The maximum atomic E-state index is 14.8. The number of primary amides is 1. The van der Waals surface area contributed by atoms with Gasteiger partial charge in [0.2, 0.25) is 11.8 Å². The number of cyclic esters (lactones) is 1. The Labute approximate surface area is 185 Å². The van der Waals surface area contributed by atoms with Crippen LogP contribution in [0.15, 0.2) is 55.1 Å². The normalized spacial score (nSPS) is 16.4. The number of carbonyl (C=O) groups is 3. The van der Waals surface area contributed by atoms with Gasteiger partial charge in [0.25, 0.3) is 0 Å². The summed E-state index contributed by atoms with van der Waals surface area (Å²) in [5.74, 6) is -1.21. The summed E-state index contributed by atoms with van der Waals surface area (Å²) in [6, 6.07) is 11.1. The molecule has 0 spiro atoms. The highest BCUT2D eigenvalue weighted by atomic mass is 19.1. The SMILES string of the molecule is C=C[C@H](NCc1ccc(-c2ccc(N3C[C@H](CNC(C)=O)OC3=O)cc2F)cc1)C(N)=O. The number of hydrogen-bond acceptors (Lipinski definition) is 5. The number of nitrogens with zero attached hydrogens (tertiary/aromatic N) is 1. The van der Waals surface area contributed by atoms with Crippen molar-refractivity contribution in [1.82, 2.24) is 10.6 Å². The topological polar surface area (TPSA) is 114 Å². The maximum Gasteiger partial charge on any atom is 0.414 e. The van der Waals surface area contributed by atoms with E-state index in [1.165, 1.54) is 24.0 Å². The molecule has 0 aromatic heterocycles. The first-order valence-electron chi connectivity index (χ1n) is 10.0. The summed E-state index contributed by atoms with van der Waals surface area (Å²) >= 11 is 0. The highest BCUT2D eigenvalue weighted by Gasteiger charge is 2.32. The first-order valence-corrected chi connectivity index (χ1v) is 10.0. The van der Waals surface area contributed by atoms with Crippen LogP contribution in [0.25, 0.3) is 11.1 Å². The molecule has 1 saturated heterocycles. The number of rotatable bonds is 9. The summed E-state index contributed by atoms with van der Waals surface area (Å²) in [7, 11) is 0. The molecule has 3 amide bonds. The van der Waals surface area contributed by atoms with Crippen molar-refractivity contribution < 1.29 is 23.5 Å². The summed E-state index contributed by atoms with van der Waals surface area (Å²) in [6.07, 6.45) is 0.356. The zero-order valence-electron chi connectivity index (χ0n) is 17.6. The predicted octanol–water partition coefficient (Wildman–Crippen LogP) is 2.08. The lowest BCUT2D eigenvalue weighted by atomic mass is 10.0. The number of benzene rings is 2. The minimum atomic E-state index is -0.630. The molecule has 2 aromatic carbocycles. The fourth-order valence-corrected chi connectivity index (χ4v) is 3.33. The molecule has 2 atom stereocenters. The van der Waals surface area contributed by atoms with Gasteiger partial charge in [-0.05, 0) is 29.3 Å². The van der Waals surface area contributed by atoms with Crippen molar-refractivity contribution in [1.29, 1.82) is 0 Å². The van der Waals surface area contributed by atoms with Crippen LogP contribution in [0, 0.1) is 5.82 Å². The number of nitrogens with one attached hydrogen (secondary N) is 2. The van der Waals surface area contributed by atoms with Crippen LogP contribution in [0.5, 0.6) is 0 Å². The number of ether oxygens (including phenoxy) is 1. The van der Waals surface area contributed by atoms with Gasteiger partial charge in [-0.3, -0.25) is 19.8 Å². The van der Waals surface area contributed by atoms with Crippen LogP contribution < -0.4 is 21.3 Å². The molecule has 2 aromatic rings. The number of halogens is 1. The van der Waals surface area contributed by atoms with E-state index in [0.29, 0.717) is 23.4 Å². The molecule has 32 heavy (non-hydrogen) atoms. The lowest BCUT2D eigenvalue weighted by Gasteiger charge is -2.15. The van der Waals surface area contributed by atoms with Gasteiger partial charge in [0, 0.05) is 19.0 Å². The van der Waals surface area contributed by atoms with Crippen LogP contribution in [0.3, 0.4) is 0 Å². The van der Waals surface area contributed by atoms with Crippen LogP contribution in [-0.2, 0) is 20.9 Å². The first-order chi connectivity index (χ1) is 15.3. The van der Waals surface area contributed by atoms with Crippen LogP contribution in [0.1, 0.15) is 12.5 Å².